The number of hydrogen-bond acceptors (Lipinski definition) is 2. The molecule has 0 saturated heterocycles. The molecule has 6 heteroatoms. The molecule has 0 unspecified atom stereocenters. The average Bonchev–Trinajstić information content (AvgIpc) is 2.04. The van der Waals surface area contributed by atoms with E-state index < -0.39 is 0 Å². The Hall–Kier alpha value is -0.971. The third kappa shape index (κ3) is 3.98. The monoisotopic (exact) mass is 236 g/mol. The van der Waals surface area contributed by atoms with E-state index in [9.17, 15) is 0 Å². The number of nitrogens with zero attached hydrogens (tertiary/aromatic N) is 2. The van der Waals surface area contributed by atoms with Crippen molar-refractivity contribution >= 4 is 17.3 Å². The van der Waals surface area contributed by atoms with Crippen molar-refractivity contribution in [2.75, 3.05) is 0 Å². The second-order valence-electron chi connectivity index (χ2n) is 2.16. The molecule has 1 heterocycles. The molecule has 1 aliphatic heterocycles. The van der Waals surface area contributed by atoms with Crippen LogP contribution in [0.2, 0.25) is 0 Å². The van der Waals surface area contributed by atoms with Crippen molar-refractivity contribution in [2.45, 2.75) is 0 Å². The van der Waals surface area contributed by atoms with Gasteiger partial charge in [-0.1, -0.05) is 0 Å². The molecule has 0 amide bonds. The predicted molar refractivity (Wildman–Crippen MR) is 49.9 cm³/mol. The van der Waals surface area contributed by atoms with Crippen LogP contribution >= 0.6 is 12.2 Å². The fraction of sp³-hybridized carbons (Fsp3) is 0. The van der Waals surface area contributed by atoms with Gasteiger partial charge in [0, 0.05) is 0 Å². The van der Waals surface area contributed by atoms with Gasteiger partial charge in [0.05, 0.1) is 0 Å². The summed E-state index contributed by atoms with van der Waals surface area (Å²) in [6.07, 6.45) is 9.15. The van der Waals surface area contributed by atoms with E-state index in [2.05, 4.69) is 38.8 Å². The number of hydrogen-bond donors (Lipinski definition) is 2. The van der Waals surface area contributed by atoms with Crippen LogP contribution in [-0.4, -0.2) is 8.77 Å². The third-order valence-electron chi connectivity index (χ3n) is 1.17. The third-order valence-corrected chi connectivity index (χ3v) is 1.50. The van der Waals surface area contributed by atoms with Crippen LogP contribution in [0, 0.1) is 0 Å². The van der Waals surface area contributed by atoms with Crippen LogP contribution in [0.4, 0.5) is 0 Å². The average molecular weight is 236 g/mol. The van der Waals surface area contributed by atoms with Gasteiger partial charge in [-0.3, -0.25) is 0 Å². The molecule has 0 bridgehead atoms. The molecule has 0 saturated carbocycles. The van der Waals surface area contributed by atoms with Crippen molar-refractivity contribution in [3.63, 3.8) is 0 Å². The van der Waals surface area contributed by atoms with Crippen LogP contribution in [0.3, 0.4) is 0 Å². The number of allylic oxidation sites excluding steroid dienone is 3. The van der Waals surface area contributed by atoms with Gasteiger partial charge in [0.2, 0.25) is 0 Å². The molecule has 0 aromatic heterocycles. The molecule has 70 valence electrons. The molecule has 3 N–H and O–H groups in total. The Morgan fingerprint density at radius 3 is 3.00 bits per heavy atom. The van der Waals surface area contributed by atoms with E-state index in [0.29, 0.717) is 0 Å². The van der Waals surface area contributed by atoms with Crippen LogP contribution in [0.25, 0.3) is 5.43 Å². The van der Waals surface area contributed by atoms with Crippen LogP contribution < -0.4 is 11.1 Å². The predicted octanol–water partition coefficient (Wildman–Crippen LogP) is 0.776. The second-order valence-corrected chi connectivity index (χ2v) is 3.09. The molecule has 1 rings (SSSR count). The summed E-state index contributed by atoms with van der Waals surface area (Å²) in [4.78, 5) is 0. The van der Waals surface area contributed by atoms with Gasteiger partial charge in [0.15, 0.2) is 0 Å². The molecule has 0 aromatic carbocycles. The van der Waals surface area contributed by atoms with Crippen molar-refractivity contribution in [1.82, 2.24) is 5.32 Å². The first-order valence-electron chi connectivity index (χ1n) is 3.45. The Bertz CT molecular complexity index is 318. The van der Waals surface area contributed by atoms with Crippen LogP contribution in [-0.2, 0) is 15.8 Å². The standard InChI is InChI=1S/C7H8N4S.Fe/c8-7(12)11-10-5-6-3-1-2-4-9-6;/h1-5,9H,(H2,8,12);. The Kier molecular flexibility index (Phi) is 3.82. The topological polar surface area (TPSA) is 55.2 Å². The van der Waals surface area contributed by atoms with E-state index in [1.165, 1.54) is 3.65 Å². The second kappa shape index (κ2) is 4.91. The Balaban J connectivity index is 2.55. The molecule has 0 aromatic rings. The van der Waals surface area contributed by atoms with Crippen molar-refractivity contribution in [1.29, 1.82) is 0 Å². The van der Waals surface area contributed by atoms with Crippen molar-refractivity contribution in [2.24, 2.45) is 5.73 Å². The fourth-order valence-corrected chi connectivity index (χ4v) is 1.15. The molecule has 0 spiro atoms. The molecule has 1 aliphatic rings. The molecule has 0 aliphatic carbocycles. The number of rotatable bonds is 2. The summed E-state index contributed by atoms with van der Waals surface area (Å²) >= 11 is 8.18. The van der Waals surface area contributed by atoms with E-state index in [1.807, 2.05) is 18.2 Å². The van der Waals surface area contributed by atoms with Gasteiger partial charge < -0.3 is 0 Å². The molecule has 13 heavy (non-hydrogen) atoms. The minimum absolute atomic E-state index is 0.0576. The summed E-state index contributed by atoms with van der Waals surface area (Å²) in [5, 5.41) is 3.05. The van der Waals surface area contributed by atoms with E-state index in [1.54, 1.807) is 12.4 Å². The Labute approximate surface area is 89.7 Å². The van der Waals surface area contributed by atoms with Crippen LogP contribution in [0.15, 0.2) is 36.3 Å². The number of dihydropyridines is 1. The van der Waals surface area contributed by atoms with Crippen LogP contribution in [0.1, 0.15) is 0 Å². The molecular formula is C7H8FeN4S. The van der Waals surface area contributed by atoms with Gasteiger partial charge in [0.1, 0.15) is 0 Å². The van der Waals surface area contributed by atoms with Gasteiger partial charge in [-0.25, -0.2) is 0 Å². The normalized spacial score (nSPS) is 16.8. The zero-order chi connectivity index (χ0) is 9.68. The minimum atomic E-state index is 0.0576. The van der Waals surface area contributed by atoms with Crippen molar-refractivity contribution in [3.8, 4) is 0 Å². The summed E-state index contributed by atoms with van der Waals surface area (Å²) in [7, 11) is 0. The summed E-state index contributed by atoms with van der Waals surface area (Å²) in [5.41, 5.74) is 9.80. The Morgan fingerprint density at radius 1 is 1.69 bits per heavy atom. The summed E-state index contributed by atoms with van der Waals surface area (Å²) in [6.45, 7) is 0. The maximum absolute atomic E-state index is 5.20. The first-order chi connectivity index (χ1) is 6.18. The van der Waals surface area contributed by atoms with Gasteiger partial charge >= 0.3 is 89.6 Å². The summed E-state index contributed by atoms with van der Waals surface area (Å²) in [6, 6.07) is 0. The SMILES string of the molecule is NC(=S)[N-][N+](=[Fe])C=C1C=CC=CN1. The number of thiocarbonyl (C=S) groups is 1. The molecular weight excluding hydrogens is 228 g/mol. The zero-order valence-electron chi connectivity index (χ0n) is 6.62. The van der Waals surface area contributed by atoms with Crippen molar-refractivity contribution in [3.05, 3.63) is 41.8 Å². The summed E-state index contributed by atoms with van der Waals surface area (Å²) in [5.74, 6) is 0. The molecule has 4 nitrogen and oxygen atoms in total. The van der Waals surface area contributed by atoms with Crippen molar-refractivity contribution < 1.29 is 19.5 Å². The zero-order valence-corrected chi connectivity index (χ0v) is 8.54. The fourth-order valence-electron chi connectivity index (χ4n) is 0.720. The van der Waals surface area contributed by atoms with E-state index in [0.717, 1.165) is 5.70 Å². The molecule has 0 radical (unpaired) electrons. The number of nitrogens with two attached hydrogens (primary N) is 1. The first kappa shape index (κ1) is 10.1. The van der Waals surface area contributed by atoms with Crippen LogP contribution in [0.5, 0.6) is 0 Å². The maximum atomic E-state index is 5.20. The molecule has 0 atom stereocenters. The van der Waals surface area contributed by atoms with Gasteiger partial charge in [-0.2, -0.15) is 0 Å². The molecule has 0 fully saturated rings. The van der Waals surface area contributed by atoms with Gasteiger partial charge in [0.25, 0.3) is 0 Å². The van der Waals surface area contributed by atoms with E-state index >= 15 is 0 Å². The van der Waals surface area contributed by atoms with E-state index in [4.69, 9.17) is 5.73 Å². The number of nitrogens with one attached hydrogen (secondary N) is 1. The van der Waals surface area contributed by atoms with Gasteiger partial charge in [-0.05, 0) is 0 Å². The van der Waals surface area contributed by atoms with Gasteiger partial charge in [-0.15, -0.1) is 0 Å². The summed E-state index contributed by atoms with van der Waals surface area (Å²) < 4.78 is 1.31. The first-order valence-corrected chi connectivity index (χ1v) is 4.35. The van der Waals surface area contributed by atoms with E-state index in [-0.39, 0.29) is 5.11 Å². The Morgan fingerprint density at radius 2 is 2.46 bits per heavy atom. The quantitative estimate of drug-likeness (QED) is 0.423.